The average molecular weight is 686 g/mol. The van der Waals surface area contributed by atoms with E-state index in [0.29, 0.717) is 5.92 Å². The van der Waals surface area contributed by atoms with Crippen LogP contribution in [0.5, 0.6) is 0 Å². The molecule has 0 N–H and O–H groups in total. The van der Waals surface area contributed by atoms with Crippen LogP contribution in [0.15, 0.2) is 161 Å². The molecule has 0 saturated heterocycles. The molecule has 0 radical (unpaired) electrons. The predicted molar refractivity (Wildman–Crippen MR) is 224 cm³/mol. The van der Waals surface area contributed by atoms with E-state index in [1.165, 1.54) is 77.9 Å². The lowest BCUT2D eigenvalue weighted by atomic mass is 9.82. The summed E-state index contributed by atoms with van der Waals surface area (Å²) in [5, 5.41) is 2.48. The molecule has 0 fully saturated rings. The van der Waals surface area contributed by atoms with E-state index in [2.05, 4.69) is 170 Å². The van der Waals surface area contributed by atoms with Gasteiger partial charge in [-0.05, 0) is 125 Å². The Bertz CT molecular complexity index is 2570. The summed E-state index contributed by atoms with van der Waals surface area (Å²) in [6.45, 7) is 2.32. The van der Waals surface area contributed by atoms with Gasteiger partial charge >= 0.3 is 0 Å². The first-order chi connectivity index (χ1) is 26.2. The molecule has 0 spiro atoms. The van der Waals surface area contributed by atoms with Crippen LogP contribution >= 0.6 is 0 Å². The fourth-order valence-corrected chi connectivity index (χ4v) is 9.14. The Hall–Kier alpha value is -5.86. The Kier molecular flexibility index (Phi) is 7.98. The fourth-order valence-electron chi connectivity index (χ4n) is 9.14. The van der Waals surface area contributed by atoms with Gasteiger partial charge in [-0.25, -0.2) is 0 Å². The molecule has 258 valence electrons. The van der Waals surface area contributed by atoms with Crippen LogP contribution in [0.25, 0.3) is 56.3 Å². The van der Waals surface area contributed by atoms with Gasteiger partial charge in [-0.2, -0.15) is 0 Å². The van der Waals surface area contributed by atoms with E-state index in [-0.39, 0.29) is 5.92 Å². The normalized spacial score (nSPS) is 18.9. The molecule has 2 atom stereocenters. The molecule has 53 heavy (non-hydrogen) atoms. The number of rotatable bonds is 6. The Morgan fingerprint density at radius 1 is 0.679 bits per heavy atom. The molecular formula is C51H43NO. The van der Waals surface area contributed by atoms with Gasteiger partial charge in [0.15, 0.2) is 0 Å². The number of hydrogen-bond acceptors (Lipinski definition) is 2. The van der Waals surface area contributed by atoms with Gasteiger partial charge in [-0.15, -0.1) is 0 Å². The van der Waals surface area contributed by atoms with Gasteiger partial charge in [0, 0.05) is 39.3 Å². The van der Waals surface area contributed by atoms with Gasteiger partial charge in [0.2, 0.25) is 0 Å². The first-order valence-electron chi connectivity index (χ1n) is 19.4. The Balaban J connectivity index is 1.15. The highest BCUT2D eigenvalue weighted by atomic mass is 16.3. The number of benzene rings is 5. The van der Waals surface area contributed by atoms with Gasteiger partial charge < -0.3 is 9.32 Å². The average Bonchev–Trinajstić information content (AvgIpc) is 3.61. The lowest BCUT2D eigenvalue weighted by molar-refractivity contribution is 0.660. The number of hydrogen-bond donors (Lipinski definition) is 0. The maximum atomic E-state index is 6.93. The highest BCUT2D eigenvalue weighted by molar-refractivity contribution is 6.11. The zero-order valence-electron chi connectivity index (χ0n) is 30.3. The summed E-state index contributed by atoms with van der Waals surface area (Å²) in [6, 6.07) is 35.8. The zero-order valence-corrected chi connectivity index (χ0v) is 30.3. The van der Waals surface area contributed by atoms with Crippen molar-refractivity contribution in [2.75, 3.05) is 4.90 Å². The van der Waals surface area contributed by atoms with Crippen LogP contribution in [0, 0.1) is 5.92 Å². The van der Waals surface area contributed by atoms with Crippen molar-refractivity contribution in [3.63, 3.8) is 0 Å². The van der Waals surface area contributed by atoms with Crippen molar-refractivity contribution < 1.29 is 4.42 Å². The molecule has 5 aromatic carbocycles. The molecule has 0 saturated carbocycles. The van der Waals surface area contributed by atoms with Crippen molar-refractivity contribution in [2.24, 2.45) is 5.92 Å². The second-order valence-corrected chi connectivity index (χ2v) is 15.0. The largest absolute Gasteiger partial charge is 0.456 e. The van der Waals surface area contributed by atoms with Crippen molar-refractivity contribution in [1.29, 1.82) is 0 Å². The molecular weight excluding hydrogens is 643 g/mol. The van der Waals surface area contributed by atoms with E-state index in [4.69, 9.17) is 4.42 Å². The maximum Gasteiger partial charge on any atom is 0.139 e. The fraction of sp³-hybridized carbons (Fsp3) is 0.176. The van der Waals surface area contributed by atoms with Crippen LogP contribution in [0.2, 0.25) is 0 Å². The SMILES string of the molecule is CC1C=C(N(C2=CC=CCC2c2cccc3oc4c5c(c(-c6cccc7c6C=CCC7)cc4c23)C=CCC5)c2ccc(-c3ccccc3)cc2)C=CC1. The molecule has 2 unspecified atom stereocenters. The summed E-state index contributed by atoms with van der Waals surface area (Å²) in [5.74, 6) is 0.606. The van der Waals surface area contributed by atoms with Gasteiger partial charge in [0.05, 0.1) is 0 Å². The van der Waals surface area contributed by atoms with Crippen molar-refractivity contribution in [3.05, 3.63) is 185 Å². The van der Waals surface area contributed by atoms with Crippen LogP contribution in [-0.2, 0) is 12.8 Å². The summed E-state index contributed by atoms with van der Waals surface area (Å²) in [7, 11) is 0. The van der Waals surface area contributed by atoms with Gasteiger partial charge in [0.1, 0.15) is 11.2 Å². The number of fused-ring (bicyclic) bond motifs is 6. The third kappa shape index (κ3) is 5.56. The number of allylic oxidation sites excluding steroid dienone is 9. The number of anilines is 1. The monoisotopic (exact) mass is 685 g/mol. The Morgan fingerprint density at radius 3 is 2.36 bits per heavy atom. The van der Waals surface area contributed by atoms with E-state index in [9.17, 15) is 0 Å². The van der Waals surface area contributed by atoms with Crippen LogP contribution in [0.1, 0.15) is 66.3 Å². The van der Waals surface area contributed by atoms with Crippen molar-refractivity contribution in [1.82, 2.24) is 0 Å². The van der Waals surface area contributed by atoms with E-state index >= 15 is 0 Å². The molecule has 0 bridgehead atoms. The minimum absolute atomic E-state index is 0.136. The Labute approximate surface area is 312 Å². The first-order valence-corrected chi connectivity index (χ1v) is 19.4. The minimum atomic E-state index is 0.136. The van der Waals surface area contributed by atoms with E-state index < -0.39 is 0 Å². The lowest BCUT2D eigenvalue weighted by Crippen LogP contribution is -2.27. The second kappa shape index (κ2) is 13.3. The third-order valence-corrected chi connectivity index (χ3v) is 11.7. The van der Waals surface area contributed by atoms with Crippen LogP contribution in [0.3, 0.4) is 0 Å². The third-order valence-electron chi connectivity index (χ3n) is 11.7. The van der Waals surface area contributed by atoms with E-state index in [0.717, 1.165) is 49.7 Å². The van der Waals surface area contributed by atoms with Crippen molar-refractivity contribution in [2.45, 2.75) is 51.4 Å². The van der Waals surface area contributed by atoms with E-state index in [1.807, 2.05) is 0 Å². The van der Waals surface area contributed by atoms with Gasteiger partial charge in [-0.3, -0.25) is 0 Å². The van der Waals surface area contributed by atoms with Gasteiger partial charge in [0.25, 0.3) is 0 Å². The smallest absolute Gasteiger partial charge is 0.139 e. The molecule has 4 aliphatic rings. The molecule has 10 rings (SSSR count). The molecule has 4 aliphatic carbocycles. The number of furan rings is 1. The van der Waals surface area contributed by atoms with Crippen molar-refractivity contribution in [3.8, 4) is 22.3 Å². The summed E-state index contributed by atoms with van der Waals surface area (Å²) in [4.78, 5) is 2.51. The maximum absolute atomic E-state index is 6.93. The topological polar surface area (TPSA) is 16.4 Å². The molecule has 2 heteroatoms. The van der Waals surface area contributed by atoms with Crippen LogP contribution < -0.4 is 4.90 Å². The number of aryl methyl sites for hydroxylation is 2. The summed E-state index contributed by atoms with van der Waals surface area (Å²) in [5.41, 5.74) is 17.6. The van der Waals surface area contributed by atoms with Crippen LogP contribution in [-0.4, -0.2) is 0 Å². The van der Waals surface area contributed by atoms with Crippen molar-refractivity contribution >= 4 is 39.8 Å². The molecule has 6 aromatic rings. The highest BCUT2D eigenvalue weighted by Gasteiger charge is 2.30. The quantitative estimate of drug-likeness (QED) is 0.173. The molecule has 1 heterocycles. The van der Waals surface area contributed by atoms with Crippen LogP contribution in [0.4, 0.5) is 5.69 Å². The summed E-state index contributed by atoms with van der Waals surface area (Å²) >= 11 is 0. The zero-order chi connectivity index (χ0) is 35.3. The highest BCUT2D eigenvalue weighted by Crippen LogP contribution is 2.47. The Morgan fingerprint density at radius 2 is 1.49 bits per heavy atom. The predicted octanol–water partition coefficient (Wildman–Crippen LogP) is 13.8. The lowest BCUT2D eigenvalue weighted by Gasteiger charge is -2.36. The molecule has 1 aromatic heterocycles. The molecule has 0 aliphatic heterocycles. The molecule has 2 nitrogen and oxygen atoms in total. The summed E-state index contributed by atoms with van der Waals surface area (Å²) in [6.07, 6.45) is 29.6. The second-order valence-electron chi connectivity index (χ2n) is 15.0. The molecule has 0 amide bonds. The first kappa shape index (κ1) is 31.8. The summed E-state index contributed by atoms with van der Waals surface area (Å²) < 4.78 is 6.93. The minimum Gasteiger partial charge on any atom is -0.456 e. The number of nitrogens with zero attached hydrogens (tertiary/aromatic N) is 1. The standard InChI is InChI=1S/C51H43NO/c1-34-14-11-19-39(32-34)52(38-30-28-36(29-31-38)35-15-3-2-4-16-35)48-26-10-9-22-43(48)44-25-13-27-49-50(44)47-33-46(42-21-7-8-23-45(42)51(47)53-49)41-24-12-18-37-17-5-6-20-40(37)41/h2-4,6-7,9-13,15-16,18-21,24-34,43H,5,8,14,17,22-23H2,1H3. The van der Waals surface area contributed by atoms with E-state index in [1.54, 1.807) is 0 Å². The van der Waals surface area contributed by atoms with Gasteiger partial charge in [-0.1, -0.05) is 128 Å².